The zero-order chi connectivity index (χ0) is 19.9. The van der Waals surface area contributed by atoms with Gasteiger partial charge in [0.05, 0.1) is 0 Å². The summed E-state index contributed by atoms with van der Waals surface area (Å²) in [5.74, 6) is 2.76. The summed E-state index contributed by atoms with van der Waals surface area (Å²) >= 11 is 0. The molecule has 0 N–H and O–H groups in total. The molecule has 1 heterocycles. The SMILES string of the molecule is C#CCCc1ccnc([P+](c2ccccc2)(c2ccccc2)c2ccccc2)c1. The van der Waals surface area contributed by atoms with E-state index in [1.807, 2.05) is 6.20 Å². The maximum Gasteiger partial charge on any atom is 0.198 e. The van der Waals surface area contributed by atoms with E-state index >= 15 is 0 Å². The van der Waals surface area contributed by atoms with Crippen molar-refractivity contribution in [2.75, 3.05) is 0 Å². The molecule has 0 aliphatic heterocycles. The van der Waals surface area contributed by atoms with Crippen molar-refractivity contribution >= 4 is 28.6 Å². The fraction of sp³-hybridized carbons (Fsp3) is 0.0741. The highest BCUT2D eigenvalue weighted by molar-refractivity contribution is 8.01. The quantitative estimate of drug-likeness (QED) is 0.353. The molecule has 4 aromatic rings. The number of hydrogen-bond acceptors (Lipinski definition) is 1. The molecule has 0 aliphatic rings. The fourth-order valence-electron chi connectivity index (χ4n) is 3.81. The van der Waals surface area contributed by atoms with E-state index in [-0.39, 0.29) is 0 Å². The molecule has 0 unspecified atom stereocenters. The Bertz CT molecular complexity index is 1000. The summed E-state index contributed by atoms with van der Waals surface area (Å²) in [6, 6.07) is 36.7. The van der Waals surface area contributed by atoms with Crippen molar-refractivity contribution in [2.24, 2.45) is 0 Å². The van der Waals surface area contributed by atoms with Crippen molar-refractivity contribution < 1.29 is 0 Å². The van der Waals surface area contributed by atoms with Gasteiger partial charge in [-0.2, -0.15) is 0 Å². The van der Waals surface area contributed by atoms with Crippen LogP contribution >= 0.6 is 7.26 Å². The van der Waals surface area contributed by atoms with E-state index in [0.29, 0.717) is 0 Å². The Labute approximate surface area is 173 Å². The van der Waals surface area contributed by atoms with Gasteiger partial charge in [0.15, 0.2) is 12.7 Å². The maximum atomic E-state index is 5.51. The summed E-state index contributed by atoms with van der Waals surface area (Å²) < 4.78 is 0. The van der Waals surface area contributed by atoms with Crippen molar-refractivity contribution in [1.29, 1.82) is 0 Å². The number of pyridine rings is 1. The van der Waals surface area contributed by atoms with Gasteiger partial charge in [0, 0.05) is 18.7 Å². The van der Waals surface area contributed by atoms with Crippen LogP contribution in [0.2, 0.25) is 0 Å². The lowest BCUT2D eigenvalue weighted by molar-refractivity contribution is 1.03. The first-order chi connectivity index (χ1) is 14.4. The summed E-state index contributed by atoms with van der Waals surface area (Å²) in [7, 11) is -2.13. The van der Waals surface area contributed by atoms with Gasteiger partial charge in [0.2, 0.25) is 0 Å². The van der Waals surface area contributed by atoms with Gasteiger partial charge in [-0.05, 0) is 54.4 Å². The van der Waals surface area contributed by atoms with E-state index in [4.69, 9.17) is 11.4 Å². The van der Waals surface area contributed by atoms with Gasteiger partial charge in [0.1, 0.15) is 15.9 Å². The minimum absolute atomic E-state index is 0.733. The van der Waals surface area contributed by atoms with E-state index in [2.05, 4.69) is 109 Å². The van der Waals surface area contributed by atoms with E-state index in [1.165, 1.54) is 21.5 Å². The number of rotatable bonds is 6. The van der Waals surface area contributed by atoms with Crippen molar-refractivity contribution in [2.45, 2.75) is 12.8 Å². The molecule has 0 atom stereocenters. The summed E-state index contributed by atoms with van der Waals surface area (Å²) in [6.45, 7) is 0. The first kappa shape index (κ1) is 19.1. The monoisotopic (exact) mass is 392 g/mol. The highest BCUT2D eigenvalue weighted by atomic mass is 31.2. The van der Waals surface area contributed by atoms with Crippen LogP contribution in [0.25, 0.3) is 0 Å². The Morgan fingerprint density at radius 3 is 1.62 bits per heavy atom. The third-order valence-corrected chi connectivity index (χ3v) is 9.29. The molecule has 0 amide bonds. The lowest BCUT2D eigenvalue weighted by Crippen LogP contribution is -2.40. The third-order valence-electron chi connectivity index (χ3n) is 5.14. The summed E-state index contributed by atoms with van der Waals surface area (Å²) in [6.07, 6.45) is 9.05. The second kappa shape index (κ2) is 8.87. The average Bonchev–Trinajstić information content (AvgIpc) is 2.81. The van der Waals surface area contributed by atoms with Crippen LogP contribution in [0.15, 0.2) is 109 Å². The highest BCUT2D eigenvalue weighted by Crippen LogP contribution is 2.53. The molecule has 0 radical (unpaired) electrons. The number of nitrogens with zero attached hydrogens (tertiary/aromatic N) is 1. The second-order valence-corrected chi connectivity index (χ2v) is 10.3. The van der Waals surface area contributed by atoms with Crippen LogP contribution in [-0.4, -0.2) is 4.98 Å². The van der Waals surface area contributed by atoms with Crippen LogP contribution in [0.1, 0.15) is 12.0 Å². The van der Waals surface area contributed by atoms with Crippen LogP contribution in [0.4, 0.5) is 0 Å². The van der Waals surface area contributed by atoms with Gasteiger partial charge in [0.25, 0.3) is 0 Å². The van der Waals surface area contributed by atoms with Gasteiger partial charge in [-0.3, -0.25) is 0 Å². The molecule has 1 aromatic heterocycles. The first-order valence-corrected chi connectivity index (χ1v) is 11.6. The Morgan fingerprint density at radius 1 is 0.690 bits per heavy atom. The molecule has 2 heteroatoms. The van der Waals surface area contributed by atoms with E-state index in [9.17, 15) is 0 Å². The number of aryl methyl sites for hydroxylation is 1. The minimum Gasteiger partial charge on any atom is -0.221 e. The molecule has 1 nitrogen and oxygen atoms in total. The molecule has 0 fully saturated rings. The van der Waals surface area contributed by atoms with Gasteiger partial charge >= 0.3 is 0 Å². The molecule has 140 valence electrons. The molecule has 4 rings (SSSR count). The van der Waals surface area contributed by atoms with Gasteiger partial charge in [-0.15, -0.1) is 12.3 Å². The Hall–Kier alpha value is -3.20. The molecule has 0 spiro atoms. The lowest BCUT2D eigenvalue weighted by Gasteiger charge is -2.26. The molecule has 29 heavy (non-hydrogen) atoms. The molecule has 0 bridgehead atoms. The highest BCUT2D eigenvalue weighted by Gasteiger charge is 2.49. The van der Waals surface area contributed by atoms with Gasteiger partial charge in [-0.1, -0.05) is 54.6 Å². The molecular formula is C27H23NP+. The average molecular weight is 392 g/mol. The number of aromatic nitrogens is 1. The normalized spacial score (nSPS) is 11.0. The Kier molecular flexibility index (Phi) is 5.85. The Balaban J connectivity index is 2.05. The smallest absolute Gasteiger partial charge is 0.198 e. The van der Waals surface area contributed by atoms with Crippen LogP contribution < -0.4 is 21.3 Å². The van der Waals surface area contributed by atoms with Crippen LogP contribution in [0.3, 0.4) is 0 Å². The van der Waals surface area contributed by atoms with Gasteiger partial charge < -0.3 is 0 Å². The zero-order valence-corrected chi connectivity index (χ0v) is 17.2. The summed E-state index contributed by atoms with van der Waals surface area (Å²) in [4.78, 5) is 4.95. The molecular weight excluding hydrogens is 369 g/mol. The zero-order valence-electron chi connectivity index (χ0n) is 16.3. The van der Waals surface area contributed by atoms with Crippen molar-refractivity contribution in [3.8, 4) is 12.3 Å². The maximum absolute atomic E-state index is 5.51. The first-order valence-electron chi connectivity index (χ1n) is 9.80. The van der Waals surface area contributed by atoms with Crippen LogP contribution in [-0.2, 0) is 6.42 Å². The lowest BCUT2D eigenvalue weighted by atomic mass is 10.1. The predicted octanol–water partition coefficient (Wildman–Crippen LogP) is 4.27. The van der Waals surface area contributed by atoms with Crippen molar-refractivity contribution in [3.63, 3.8) is 0 Å². The number of hydrogen-bond donors (Lipinski definition) is 0. The standard InChI is InChI=1S/C27H23NP/c1-2-3-13-23-20-21-28-27(22-23)29(24-14-7-4-8-15-24,25-16-9-5-10-17-25)26-18-11-6-12-19-26/h1,4-12,14-22H,3,13H2/q+1. The molecule has 3 aromatic carbocycles. The van der Waals surface area contributed by atoms with Crippen molar-refractivity contribution in [3.05, 3.63) is 115 Å². The van der Waals surface area contributed by atoms with Gasteiger partial charge in [-0.25, -0.2) is 4.98 Å². The van der Waals surface area contributed by atoms with Crippen molar-refractivity contribution in [1.82, 2.24) is 4.98 Å². The second-order valence-electron chi connectivity index (χ2n) is 6.90. The summed E-state index contributed by atoms with van der Waals surface area (Å²) in [5, 5.41) is 3.91. The van der Waals surface area contributed by atoms with E-state index < -0.39 is 7.26 Å². The third kappa shape index (κ3) is 3.73. The topological polar surface area (TPSA) is 12.9 Å². The minimum atomic E-state index is -2.13. The van der Waals surface area contributed by atoms with Crippen LogP contribution in [0, 0.1) is 12.3 Å². The van der Waals surface area contributed by atoms with Crippen LogP contribution in [0.5, 0.6) is 0 Å². The van der Waals surface area contributed by atoms with E-state index in [1.54, 1.807) is 0 Å². The molecule has 0 saturated carbocycles. The fourth-order valence-corrected chi connectivity index (χ4v) is 7.96. The summed E-state index contributed by atoms with van der Waals surface area (Å²) in [5.41, 5.74) is 2.36. The molecule has 0 saturated heterocycles. The molecule has 0 aliphatic carbocycles. The van der Waals surface area contributed by atoms with E-state index in [0.717, 1.165) is 18.3 Å². The predicted molar refractivity (Wildman–Crippen MR) is 126 cm³/mol. The number of terminal acetylenes is 1. The largest absolute Gasteiger partial charge is 0.221 e. The number of benzene rings is 3. The Morgan fingerprint density at radius 2 is 1.17 bits per heavy atom.